The van der Waals surface area contributed by atoms with Gasteiger partial charge in [0, 0.05) is 29.2 Å². The summed E-state index contributed by atoms with van der Waals surface area (Å²) in [6.45, 7) is 2.18. The van der Waals surface area contributed by atoms with Crippen LogP contribution in [-0.2, 0) is 19.3 Å². The van der Waals surface area contributed by atoms with Gasteiger partial charge in [0.25, 0.3) is 0 Å². The molecular formula is C27H28N2. The molecule has 1 fully saturated rings. The van der Waals surface area contributed by atoms with Crippen LogP contribution in [0.5, 0.6) is 0 Å². The van der Waals surface area contributed by atoms with Gasteiger partial charge in [0.1, 0.15) is 0 Å². The molecule has 0 amide bonds. The Morgan fingerprint density at radius 1 is 1.00 bits per heavy atom. The average molecular weight is 381 g/mol. The molecule has 146 valence electrons. The maximum Gasteiger partial charge on any atom is 0.0491 e. The van der Waals surface area contributed by atoms with E-state index in [4.69, 9.17) is 6.42 Å². The van der Waals surface area contributed by atoms with Crippen LogP contribution < -0.4 is 5.32 Å². The van der Waals surface area contributed by atoms with Gasteiger partial charge in [0.05, 0.1) is 0 Å². The van der Waals surface area contributed by atoms with Gasteiger partial charge in [-0.25, -0.2) is 0 Å². The molecule has 2 aromatic carbocycles. The van der Waals surface area contributed by atoms with E-state index in [-0.39, 0.29) is 0 Å². The molecule has 0 radical (unpaired) electrons. The van der Waals surface area contributed by atoms with E-state index in [1.54, 1.807) is 0 Å². The second kappa shape index (κ2) is 8.97. The van der Waals surface area contributed by atoms with Gasteiger partial charge in [-0.15, -0.1) is 0 Å². The summed E-state index contributed by atoms with van der Waals surface area (Å²) in [7, 11) is 0. The Hall–Kier alpha value is -3.05. The fraction of sp³-hybridized carbons (Fsp3) is 0.296. The maximum absolute atomic E-state index is 5.51. The molecule has 4 rings (SSSR count). The fourth-order valence-corrected chi connectivity index (χ4v) is 3.87. The second-order valence-electron chi connectivity index (χ2n) is 8.11. The van der Waals surface area contributed by atoms with Crippen molar-refractivity contribution in [3.05, 3.63) is 83.2 Å². The molecule has 0 spiro atoms. The molecule has 1 aliphatic carbocycles. The minimum Gasteiger partial charge on any atom is -0.315 e. The molecule has 1 aromatic heterocycles. The largest absolute Gasteiger partial charge is 0.315 e. The Balaban J connectivity index is 1.49. The first-order chi connectivity index (χ1) is 14.2. The zero-order chi connectivity index (χ0) is 20.1. The van der Waals surface area contributed by atoms with Crippen LogP contribution in [0, 0.1) is 25.3 Å². The van der Waals surface area contributed by atoms with Gasteiger partial charge < -0.3 is 5.32 Å². The van der Waals surface area contributed by atoms with Crippen molar-refractivity contribution in [2.75, 3.05) is 5.32 Å². The summed E-state index contributed by atoms with van der Waals surface area (Å²) in [6.07, 6.45) is 14.5. The highest BCUT2D eigenvalue weighted by Gasteiger charge is 2.21. The van der Waals surface area contributed by atoms with E-state index in [1.165, 1.54) is 40.8 Å². The van der Waals surface area contributed by atoms with Crippen LogP contribution in [0.25, 0.3) is 11.1 Å². The number of anilines is 1. The van der Waals surface area contributed by atoms with Gasteiger partial charge in [0.2, 0.25) is 0 Å². The first-order valence-corrected chi connectivity index (χ1v) is 10.6. The molecule has 0 unspecified atom stereocenters. The van der Waals surface area contributed by atoms with Crippen molar-refractivity contribution in [1.29, 1.82) is 0 Å². The van der Waals surface area contributed by atoms with Gasteiger partial charge in [-0.1, -0.05) is 42.8 Å². The molecule has 0 atom stereocenters. The van der Waals surface area contributed by atoms with Crippen molar-refractivity contribution in [3.8, 4) is 23.6 Å². The molecule has 2 heteroatoms. The first kappa shape index (κ1) is 19.3. The third kappa shape index (κ3) is 5.06. The summed E-state index contributed by atoms with van der Waals surface area (Å²) < 4.78 is 0. The van der Waals surface area contributed by atoms with E-state index >= 15 is 0 Å². The lowest BCUT2D eigenvalue weighted by Gasteiger charge is -2.12. The highest BCUT2D eigenvalue weighted by molar-refractivity contribution is 5.69. The van der Waals surface area contributed by atoms with Gasteiger partial charge in [-0.2, -0.15) is 0 Å². The maximum atomic E-state index is 5.51. The van der Waals surface area contributed by atoms with Crippen molar-refractivity contribution in [2.45, 2.75) is 45.4 Å². The summed E-state index contributed by atoms with van der Waals surface area (Å²) in [4.78, 5) is 4.69. The molecule has 1 heterocycles. The van der Waals surface area contributed by atoms with Crippen LogP contribution in [0.2, 0.25) is 0 Å². The molecule has 1 aliphatic rings. The predicted octanol–water partition coefficient (Wildman–Crippen LogP) is 6.19. The van der Waals surface area contributed by atoms with Crippen molar-refractivity contribution >= 4 is 5.69 Å². The highest BCUT2D eigenvalue weighted by Crippen LogP contribution is 2.32. The smallest absolute Gasteiger partial charge is 0.0491 e. The van der Waals surface area contributed by atoms with Crippen LogP contribution in [0.4, 0.5) is 5.69 Å². The van der Waals surface area contributed by atoms with Crippen LogP contribution in [0.1, 0.15) is 41.6 Å². The number of benzene rings is 2. The molecule has 1 N–H and O–H groups in total. The monoisotopic (exact) mass is 380 g/mol. The number of hydrogen-bond acceptors (Lipinski definition) is 2. The molecule has 29 heavy (non-hydrogen) atoms. The molecule has 0 saturated heterocycles. The Labute approximate surface area is 174 Å². The zero-order valence-corrected chi connectivity index (χ0v) is 17.1. The normalized spacial score (nSPS) is 13.1. The number of aromatic nitrogens is 1. The van der Waals surface area contributed by atoms with Crippen LogP contribution >= 0.6 is 0 Å². The average Bonchev–Trinajstić information content (AvgIpc) is 3.55. The Kier molecular flexibility index (Phi) is 5.96. The van der Waals surface area contributed by atoms with Gasteiger partial charge in [-0.05, 0) is 91.8 Å². The number of hydrogen-bond donors (Lipinski definition) is 1. The summed E-state index contributed by atoms with van der Waals surface area (Å²) in [6, 6.07) is 22.1. The van der Waals surface area contributed by atoms with E-state index < -0.39 is 0 Å². The predicted molar refractivity (Wildman–Crippen MR) is 122 cm³/mol. The lowest BCUT2D eigenvalue weighted by Crippen LogP contribution is -1.98. The van der Waals surface area contributed by atoms with E-state index in [9.17, 15) is 0 Å². The van der Waals surface area contributed by atoms with Gasteiger partial charge in [-0.3, -0.25) is 4.98 Å². The molecule has 2 nitrogen and oxygen atoms in total. The van der Waals surface area contributed by atoms with Gasteiger partial charge in [0.15, 0.2) is 0 Å². The standard InChI is InChI=1S/C27H28N2/c1-3-28-27-16-14-23(25-13-15-26(29-19-25)17-21-11-12-21)18-24(27)10-6-9-22-8-5-4-7-20(22)2/h1,4-5,7-8,13-16,18-19,21,28H,6,9-12,17H2,2H3. The summed E-state index contributed by atoms with van der Waals surface area (Å²) in [5, 5.41) is 3.06. The van der Waals surface area contributed by atoms with Gasteiger partial charge >= 0.3 is 0 Å². The molecular weight excluding hydrogens is 352 g/mol. The minimum atomic E-state index is 0.863. The molecule has 3 aromatic rings. The van der Waals surface area contributed by atoms with Crippen molar-refractivity contribution in [1.82, 2.24) is 4.98 Å². The third-order valence-corrected chi connectivity index (χ3v) is 5.82. The lowest BCUT2D eigenvalue weighted by atomic mass is 9.97. The zero-order valence-electron chi connectivity index (χ0n) is 17.1. The topological polar surface area (TPSA) is 24.9 Å². The SMILES string of the molecule is C#CNc1ccc(-c2ccc(CC3CC3)nc2)cc1CCCc1ccccc1C. The Morgan fingerprint density at radius 2 is 1.79 bits per heavy atom. The third-order valence-electron chi connectivity index (χ3n) is 5.82. The fourth-order valence-electron chi connectivity index (χ4n) is 3.87. The van der Waals surface area contributed by atoms with E-state index in [0.29, 0.717) is 0 Å². The minimum absolute atomic E-state index is 0.863. The Bertz CT molecular complexity index is 1010. The quantitative estimate of drug-likeness (QED) is 0.372. The summed E-state index contributed by atoms with van der Waals surface area (Å²) in [5.74, 6) is 0.863. The van der Waals surface area contributed by atoms with Crippen molar-refractivity contribution in [2.24, 2.45) is 5.92 Å². The van der Waals surface area contributed by atoms with E-state index in [0.717, 1.165) is 42.9 Å². The van der Waals surface area contributed by atoms with Crippen LogP contribution in [0.15, 0.2) is 60.8 Å². The Morgan fingerprint density at radius 3 is 2.52 bits per heavy atom. The number of rotatable bonds is 8. The second-order valence-corrected chi connectivity index (χ2v) is 8.11. The summed E-state index contributed by atoms with van der Waals surface area (Å²) in [5.41, 5.74) is 8.64. The number of nitrogens with one attached hydrogen (secondary N) is 1. The lowest BCUT2D eigenvalue weighted by molar-refractivity contribution is 0.804. The molecule has 0 bridgehead atoms. The number of aryl methyl sites for hydroxylation is 3. The van der Waals surface area contributed by atoms with Crippen LogP contribution in [-0.4, -0.2) is 4.98 Å². The molecule has 0 aliphatic heterocycles. The molecule has 1 saturated carbocycles. The number of terminal acetylenes is 1. The van der Waals surface area contributed by atoms with Crippen molar-refractivity contribution < 1.29 is 0 Å². The van der Waals surface area contributed by atoms with Crippen LogP contribution in [0.3, 0.4) is 0 Å². The van der Waals surface area contributed by atoms with Crippen molar-refractivity contribution in [3.63, 3.8) is 0 Å². The summed E-state index contributed by atoms with van der Waals surface area (Å²) >= 11 is 0. The first-order valence-electron chi connectivity index (χ1n) is 10.6. The van der Waals surface area contributed by atoms with E-state index in [1.807, 2.05) is 6.20 Å². The highest BCUT2D eigenvalue weighted by atomic mass is 14.8. The number of pyridine rings is 1. The number of nitrogens with zero attached hydrogens (tertiary/aromatic N) is 1. The van der Waals surface area contributed by atoms with E-state index in [2.05, 4.69) is 77.9 Å².